The van der Waals surface area contributed by atoms with Gasteiger partial charge in [0.1, 0.15) is 5.60 Å². The molecule has 0 spiro atoms. The number of amides is 3. The third-order valence-electron chi connectivity index (χ3n) is 4.71. The highest BCUT2D eigenvalue weighted by molar-refractivity contribution is 6.20. The van der Waals surface area contributed by atoms with Gasteiger partial charge in [0.15, 0.2) is 0 Å². The largest absolute Gasteiger partial charge is 0.444 e. The first-order chi connectivity index (χ1) is 15.1. The molecule has 1 aliphatic rings. The number of fused-ring (bicyclic) bond motifs is 1. The molecule has 8 heteroatoms. The smallest absolute Gasteiger partial charge is 0.407 e. The van der Waals surface area contributed by atoms with Gasteiger partial charge >= 0.3 is 12.1 Å². The first kappa shape index (κ1) is 23.0. The van der Waals surface area contributed by atoms with Gasteiger partial charge in [-0.1, -0.05) is 47.5 Å². The molecule has 3 amide bonds. The summed E-state index contributed by atoms with van der Waals surface area (Å²) in [5.41, 5.74) is 0.696. The van der Waals surface area contributed by atoms with Crippen molar-refractivity contribution in [3.8, 4) is 0 Å². The molecule has 1 atom stereocenters. The van der Waals surface area contributed by atoms with Crippen molar-refractivity contribution in [1.82, 2.24) is 10.4 Å². The van der Waals surface area contributed by atoms with Gasteiger partial charge in [-0.2, -0.15) is 0 Å². The molecule has 1 heterocycles. The highest BCUT2D eigenvalue weighted by Gasteiger charge is 2.39. The zero-order valence-electron chi connectivity index (χ0n) is 18.3. The summed E-state index contributed by atoms with van der Waals surface area (Å²) in [6, 6.07) is 15.2. The number of nitrogens with zero attached hydrogens (tertiary/aromatic N) is 1. The lowest BCUT2D eigenvalue weighted by molar-refractivity contribution is -0.169. The van der Waals surface area contributed by atoms with Gasteiger partial charge in [0.2, 0.25) is 0 Å². The lowest BCUT2D eigenvalue weighted by Gasteiger charge is -2.23. The second-order valence-electron chi connectivity index (χ2n) is 8.49. The number of hydrogen-bond donors (Lipinski definition) is 1. The van der Waals surface area contributed by atoms with E-state index >= 15 is 0 Å². The van der Waals surface area contributed by atoms with Gasteiger partial charge in [-0.05, 0) is 51.3 Å². The Hall–Kier alpha value is -3.68. The Morgan fingerprint density at radius 1 is 0.938 bits per heavy atom. The number of nitrogens with one attached hydrogen (secondary N) is 1. The van der Waals surface area contributed by atoms with Crippen LogP contribution >= 0.6 is 0 Å². The standard InChI is InChI=1S/C24H26N2O6/c1-24(2,3)31-23(30)25-17(14-13-16-9-5-4-6-10-16)15-20(27)32-26-21(28)18-11-7-8-12-19(18)22(26)29/h4-12,17H,13-15H2,1-3H3,(H,25,30)/t17-/m1/s1. The van der Waals surface area contributed by atoms with Crippen LogP contribution in [0.3, 0.4) is 0 Å². The van der Waals surface area contributed by atoms with Crippen LogP contribution in [0.5, 0.6) is 0 Å². The number of hydroxylamine groups is 2. The summed E-state index contributed by atoms with van der Waals surface area (Å²) >= 11 is 0. The molecule has 1 N–H and O–H groups in total. The van der Waals surface area contributed by atoms with Crippen molar-refractivity contribution in [3.05, 3.63) is 71.3 Å². The Morgan fingerprint density at radius 2 is 1.50 bits per heavy atom. The predicted octanol–water partition coefficient (Wildman–Crippen LogP) is 3.66. The van der Waals surface area contributed by atoms with Gasteiger partial charge in [0.25, 0.3) is 11.8 Å². The second kappa shape index (κ2) is 9.64. The van der Waals surface area contributed by atoms with Crippen LogP contribution in [0, 0.1) is 0 Å². The Kier molecular flexibility index (Phi) is 6.92. The number of imide groups is 1. The molecule has 2 aromatic rings. The van der Waals surface area contributed by atoms with E-state index in [-0.39, 0.29) is 17.5 Å². The number of benzene rings is 2. The molecule has 8 nitrogen and oxygen atoms in total. The first-order valence-electron chi connectivity index (χ1n) is 10.4. The summed E-state index contributed by atoms with van der Waals surface area (Å²) in [6.45, 7) is 5.21. The molecule has 32 heavy (non-hydrogen) atoms. The van der Waals surface area contributed by atoms with Gasteiger partial charge in [-0.25, -0.2) is 9.59 Å². The maximum Gasteiger partial charge on any atom is 0.407 e. The molecule has 1 aliphatic heterocycles. The topological polar surface area (TPSA) is 102 Å². The third-order valence-corrected chi connectivity index (χ3v) is 4.71. The summed E-state index contributed by atoms with van der Waals surface area (Å²) in [5.74, 6) is -2.20. The molecule has 168 valence electrons. The number of aryl methyl sites for hydroxylation is 1. The Bertz CT molecular complexity index is 978. The van der Waals surface area contributed by atoms with E-state index in [1.165, 1.54) is 12.1 Å². The average Bonchev–Trinajstić information content (AvgIpc) is 2.96. The minimum atomic E-state index is -0.811. The SMILES string of the molecule is CC(C)(C)OC(=O)N[C@H](CCc1ccccc1)CC(=O)ON1C(=O)c2ccccc2C1=O. The van der Waals surface area contributed by atoms with Crippen LogP contribution in [0.15, 0.2) is 54.6 Å². The zero-order chi connectivity index (χ0) is 23.3. The van der Waals surface area contributed by atoms with Crippen LogP contribution in [0.1, 0.15) is 59.9 Å². The third kappa shape index (κ3) is 5.94. The minimum Gasteiger partial charge on any atom is -0.444 e. The fourth-order valence-electron chi connectivity index (χ4n) is 3.28. The molecule has 2 aromatic carbocycles. The van der Waals surface area contributed by atoms with E-state index in [4.69, 9.17) is 9.57 Å². The Labute approximate surface area is 186 Å². The molecule has 3 rings (SSSR count). The molecule has 0 bridgehead atoms. The van der Waals surface area contributed by atoms with Crippen molar-refractivity contribution in [3.63, 3.8) is 0 Å². The highest BCUT2D eigenvalue weighted by Crippen LogP contribution is 2.23. The number of hydrogen-bond acceptors (Lipinski definition) is 6. The van der Waals surface area contributed by atoms with Crippen molar-refractivity contribution in [2.75, 3.05) is 0 Å². The van der Waals surface area contributed by atoms with Crippen molar-refractivity contribution >= 4 is 23.9 Å². The normalized spacial score (nSPS) is 14.0. The van der Waals surface area contributed by atoms with Crippen molar-refractivity contribution in [1.29, 1.82) is 0 Å². The van der Waals surface area contributed by atoms with E-state index in [1.54, 1.807) is 32.9 Å². The molecule has 0 saturated carbocycles. The number of ether oxygens (including phenoxy) is 1. The lowest BCUT2D eigenvalue weighted by atomic mass is 10.0. The van der Waals surface area contributed by atoms with Gasteiger partial charge in [0.05, 0.1) is 17.5 Å². The Morgan fingerprint density at radius 3 is 2.06 bits per heavy atom. The summed E-state index contributed by atoms with van der Waals surface area (Å²) < 4.78 is 5.29. The first-order valence-corrected chi connectivity index (χ1v) is 10.4. The van der Waals surface area contributed by atoms with E-state index < -0.39 is 35.5 Å². The van der Waals surface area contributed by atoms with Crippen LogP contribution < -0.4 is 5.32 Å². The van der Waals surface area contributed by atoms with Crippen LogP contribution in [-0.4, -0.2) is 40.6 Å². The summed E-state index contributed by atoms with van der Waals surface area (Å²) in [4.78, 5) is 54.7. The van der Waals surface area contributed by atoms with Gasteiger partial charge in [0, 0.05) is 6.04 Å². The molecule has 0 saturated heterocycles. The Balaban J connectivity index is 1.65. The van der Waals surface area contributed by atoms with Crippen LogP contribution in [0.2, 0.25) is 0 Å². The van der Waals surface area contributed by atoms with E-state index in [9.17, 15) is 19.2 Å². The number of alkyl carbamates (subject to hydrolysis) is 1. The molecule has 0 aromatic heterocycles. The fourth-order valence-corrected chi connectivity index (χ4v) is 3.28. The highest BCUT2D eigenvalue weighted by atomic mass is 16.7. The molecule has 0 aliphatic carbocycles. The van der Waals surface area contributed by atoms with E-state index in [1.807, 2.05) is 30.3 Å². The van der Waals surface area contributed by atoms with Crippen LogP contribution in [-0.2, 0) is 20.8 Å². The molecule has 0 radical (unpaired) electrons. The molecular weight excluding hydrogens is 412 g/mol. The lowest BCUT2D eigenvalue weighted by Crippen LogP contribution is -2.42. The maximum absolute atomic E-state index is 12.6. The molecule has 0 unspecified atom stereocenters. The zero-order valence-corrected chi connectivity index (χ0v) is 18.3. The van der Waals surface area contributed by atoms with Gasteiger partial charge in [-0.3, -0.25) is 9.59 Å². The van der Waals surface area contributed by atoms with E-state index in [0.717, 1.165) is 5.56 Å². The second-order valence-corrected chi connectivity index (χ2v) is 8.49. The monoisotopic (exact) mass is 438 g/mol. The fraction of sp³-hybridized carbons (Fsp3) is 0.333. The van der Waals surface area contributed by atoms with Crippen LogP contribution in [0.25, 0.3) is 0 Å². The predicted molar refractivity (Wildman–Crippen MR) is 116 cm³/mol. The maximum atomic E-state index is 12.6. The number of carbonyl (C=O) groups excluding carboxylic acids is 4. The van der Waals surface area contributed by atoms with Crippen molar-refractivity contribution in [2.24, 2.45) is 0 Å². The van der Waals surface area contributed by atoms with Crippen LogP contribution in [0.4, 0.5) is 4.79 Å². The summed E-state index contributed by atoms with van der Waals surface area (Å²) in [6.07, 6.45) is 0.130. The van der Waals surface area contributed by atoms with Crippen molar-refractivity contribution < 1.29 is 28.8 Å². The quantitative estimate of drug-likeness (QED) is 0.662. The summed E-state index contributed by atoms with van der Waals surface area (Å²) in [5, 5.41) is 3.16. The summed E-state index contributed by atoms with van der Waals surface area (Å²) in [7, 11) is 0. The number of carbonyl (C=O) groups is 4. The minimum absolute atomic E-state index is 0.179. The van der Waals surface area contributed by atoms with Crippen molar-refractivity contribution in [2.45, 2.75) is 51.7 Å². The molecule has 0 fully saturated rings. The van der Waals surface area contributed by atoms with Gasteiger partial charge < -0.3 is 14.9 Å². The number of rotatable bonds is 7. The van der Waals surface area contributed by atoms with E-state index in [2.05, 4.69) is 5.32 Å². The van der Waals surface area contributed by atoms with E-state index in [0.29, 0.717) is 17.9 Å². The molecular formula is C24H26N2O6. The van der Waals surface area contributed by atoms with Gasteiger partial charge in [-0.15, -0.1) is 0 Å². The average molecular weight is 438 g/mol.